The molecule has 1 saturated heterocycles. The Morgan fingerprint density at radius 2 is 2.00 bits per heavy atom. The van der Waals surface area contributed by atoms with E-state index >= 15 is 0 Å². The number of aliphatic hydroxyl groups is 1. The third-order valence-electron chi connectivity index (χ3n) is 9.44. The molecule has 0 aromatic carbocycles. The Hall–Kier alpha value is -1.40. The molecule has 27 heavy (non-hydrogen) atoms. The van der Waals surface area contributed by atoms with Crippen LogP contribution >= 0.6 is 0 Å². The summed E-state index contributed by atoms with van der Waals surface area (Å²) in [6, 6.07) is 0. The van der Waals surface area contributed by atoms with E-state index in [0.717, 1.165) is 57.2 Å². The number of aliphatic imine (C=N–C) groups is 1. The summed E-state index contributed by atoms with van der Waals surface area (Å²) in [4.78, 5) is 17.6. The molecule has 1 heterocycles. The third-order valence-corrected chi connectivity index (χ3v) is 9.44. The maximum Gasteiger partial charge on any atom is 0.293 e. The fourth-order valence-electron chi connectivity index (χ4n) is 8.85. The molecule has 0 aromatic heterocycles. The Morgan fingerprint density at radius 1 is 1.26 bits per heavy atom. The first-order valence-corrected chi connectivity index (χ1v) is 10.6. The average Bonchev–Trinajstić information content (AvgIpc) is 3.02. The number of aliphatic hydroxyl groups excluding tert-OH is 1. The molecule has 5 rings (SSSR count). The van der Waals surface area contributed by atoms with Gasteiger partial charge in [-0.1, -0.05) is 12.5 Å². The van der Waals surface area contributed by atoms with Crippen molar-refractivity contribution in [2.45, 2.75) is 51.6 Å². The molecule has 0 amide bonds. The van der Waals surface area contributed by atoms with Crippen LogP contribution in [-0.4, -0.2) is 43.3 Å². The van der Waals surface area contributed by atoms with Gasteiger partial charge in [-0.3, -0.25) is 4.90 Å². The van der Waals surface area contributed by atoms with Gasteiger partial charge in [0.05, 0.1) is 25.2 Å². The van der Waals surface area contributed by atoms with E-state index in [9.17, 15) is 15.0 Å². The molecule has 6 nitrogen and oxygen atoms in total. The van der Waals surface area contributed by atoms with Crippen LogP contribution in [0.25, 0.3) is 0 Å². The van der Waals surface area contributed by atoms with Gasteiger partial charge in [0, 0.05) is 29.9 Å². The number of piperidine rings is 1. The Morgan fingerprint density at radius 3 is 2.70 bits per heavy atom. The summed E-state index contributed by atoms with van der Waals surface area (Å²) < 4.78 is 0. The number of nitrogens with one attached hydrogen (secondary N) is 1. The molecule has 4 aliphatic carbocycles. The second-order valence-corrected chi connectivity index (χ2v) is 9.72. The van der Waals surface area contributed by atoms with Gasteiger partial charge in [0.25, 0.3) is 5.96 Å². The Balaban J connectivity index is 1.75. The van der Waals surface area contributed by atoms with Crippen molar-refractivity contribution in [2.75, 3.05) is 20.1 Å². The number of nitrogens with two attached hydrogens (primary N) is 1. The van der Waals surface area contributed by atoms with Gasteiger partial charge >= 0.3 is 0 Å². The molecule has 4 N–H and O–H groups in total. The SMILES string of the molecule is CN=C(N)[NH+]1CCC2CCC3C(O)C(C(=O)[O-])=C4CC5CCC(C)C43C25C1. The first-order valence-electron chi connectivity index (χ1n) is 10.6. The van der Waals surface area contributed by atoms with Gasteiger partial charge in [0.1, 0.15) is 0 Å². The average molecular weight is 373 g/mol. The third kappa shape index (κ3) is 1.80. The number of allylic oxidation sites excluding steroid dienone is 1. The zero-order valence-electron chi connectivity index (χ0n) is 16.3. The lowest BCUT2D eigenvalue weighted by atomic mass is 9.40. The van der Waals surface area contributed by atoms with Crippen LogP contribution in [0.4, 0.5) is 0 Å². The zero-order valence-corrected chi connectivity index (χ0v) is 16.3. The minimum Gasteiger partial charge on any atom is -0.545 e. The van der Waals surface area contributed by atoms with Crippen LogP contribution < -0.4 is 15.7 Å². The summed E-state index contributed by atoms with van der Waals surface area (Å²) in [6.45, 7) is 4.24. The van der Waals surface area contributed by atoms with E-state index in [-0.39, 0.29) is 22.3 Å². The van der Waals surface area contributed by atoms with Crippen molar-refractivity contribution in [1.82, 2.24) is 0 Å². The van der Waals surface area contributed by atoms with Crippen molar-refractivity contribution >= 4 is 11.9 Å². The fraction of sp³-hybridized carbons (Fsp3) is 0.810. The molecule has 8 unspecified atom stereocenters. The molecule has 4 fully saturated rings. The number of carbonyl (C=O) groups excluding carboxylic acids is 1. The van der Waals surface area contributed by atoms with E-state index < -0.39 is 12.1 Å². The number of carboxylic acids is 1. The quantitative estimate of drug-likeness (QED) is 0.409. The van der Waals surface area contributed by atoms with Crippen LogP contribution in [0.2, 0.25) is 0 Å². The molecule has 8 atom stereocenters. The van der Waals surface area contributed by atoms with Gasteiger partial charge < -0.3 is 20.7 Å². The summed E-state index contributed by atoms with van der Waals surface area (Å²) in [5.41, 5.74) is 7.41. The number of quaternary nitrogens is 1. The fourth-order valence-corrected chi connectivity index (χ4v) is 8.85. The Bertz CT molecular complexity index is 762. The number of guanidine groups is 1. The van der Waals surface area contributed by atoms with Crippen LogP contribution in [0.1, 0.15) is 45.4 Å². The van der Waals surface area contributed by atoms with Crippen LogP contribution in [0, 0.1) is 34.5 Å². The molecule has 0 aromatic rings. The Kier molecular flexibility index (Phi) is 3.65. The highest BCUT2D eigenvalue weighted by Gasteiger charge is 2.78. The molecule has 0 radical (unpaired) electrons. The van der Waals surface area contributed by atoms with Gasteiger partial charge in [-0.25, -0.2) is 4.99 Å². The summed E-state index contributed by atoms with van der Waals surface area (Å²) in [6.07, 6.45) is 5.38. The molecule has 1 aliphatic heterocycles. The van der Waals surface area contributed by atoms with E-state index in [2.05, 4.69) is 11.9 Å². The van der Waals surface area contributed by atoms with Crippen molar-refractivity contribution in [2.24, 2.45) is 45.2 Å². The Labute approximate surface area is 160 Å². The largest absolute Gasteiger partial charge is 0.545 e. The number of rotatable bonds is 1. The number of carboxylic acid groups (broad SMARTS) is 1. The van der Waals surface area contributed by atoms with E-state index in [1.165, 1.54) is 4.90 Å². The molecule has 2 spiro atoms. The topological polar surface area (TPSA) is 103 Å². The van der Waals surface area contributed by atoms with Gasteiger partial charge in [0.2, 0.25) is 0 Å². The van der Waals surface area contributed by atoms with Gasteiger partial charge in [-0.2, -0.15) is 0 Å². The minimum absolute atomic E-state index is 0.0242. The predicted molar refractivity (Wildman–Crippen MR) is 98.5 cm³/mol. The lowest BCUT2D eigenvalue weighted by Gasteiger charge is -2.65. The molecule has 2 bridgehead atoms. The minimum atomic E-state index is -1.15. The molecule has 148 valence electrons. The monoisotopic (exact) mass is 373 g/mol. The van der Waals surface area contributed by atoms with E-state index in [0.29, 0.717) is 23.7 Å². The molecular formula is C21H31N3O3. The number of hydrogen-bond donors (Lipinski definition) is 3. The number of carbonyl (C=O) groups is 1. The predicted octanol–water partition coefficient (Wildman–Crippen LogP) is -0.911. The lowest BCUT2D eigenvalue weighted by molar-refractivity contribution is -0.829. The first kappa shape index (κ1) is 17.7. The van der Waals surface area contributed by atoms with Crippen LogP contribution in [-0.2, 0) is 4.79 Å². The van der Waals surface area contributed by atoms with Crippen molar-refractivity contribution in [3.8, 4) is 0 Å². The second kappa shape index (κ2) is 5.57. The molecule has 3 saturated carbocycles. The second-order valence-electron chi connectivity index (χ2n) is 9.72. The van der Waals surface area contributed by atoms with E-state index in [1.54, 1.807) is 7.05 Å². The van der Waals surface area contributed by atoms with Crippen LogP contribution in [0.3, 0.4) is 0 Å². The van der Waals surface area contributed by atoms with E-state index in [4.69, 9.17) is 5.73 Å². The zero-order chi connectivity index (χ0) is 19.1. The first-order chi connectivity index (χ1) is 12.9. The highest BCUT2D eigenvalue weighted by Crippen LogP contribution is 2.79. The summed E-state index contributed by atoms with van der Waals surface area (Å²) in [7, 11) is 1.75. The van der Waals surface area contributed by atoms with Gasteiger partial charge in [-0.05, 0) is 55.8 Å². The highest BCUT2D eigenvalue weighted by atomic mass is 16.4. The summed E-state index contributed by atoms with van der Waals surface area (Å²) in [5, 5.41) is 23.1. The molecule has 6 heteroatoms. The van der Waals surface area contributed by atoms with Gasteiger partial charge in [0.15, 0.2) is 0 Å². The number of likely N-dealkylation sites (tertiary alicyclic amines) is 1. The maximum absolute atomic E-state index is 12.0. The maximum atomic E-state index is 12.0. The van der Waals surface area contributed by atoms with Gasteiger partial charge in [-0.15, -0.1) is 0 Å². The normalized spacial score (nSPS) is 51.1. The standard InChI is InChI=1S/C21H31N3O3/c1-11-3-4-13-9-15-16(18(26)27)17(25)14-6-5-12-7-8-24(19(22)23-2)10-20(12,13)21(11,14)15/h11-14,17,25H,3-10H2,1-2H3,(H2,22,23)(H,26,27). The summed E-state index contributed by atoms with van der Waals surface area (Å²) >= 11 is 0. The smallest absolute Gasteiger partial charge is 0.293 e. The molecule has 5 aliphatic rings. The van der Waals surface area contributed by atoms with Crippen molar-refractivity contribution in [3.05, 3.63) is 11.1 Å². The van der Waals surface area contributed by atoms with Crippen LogP contribution in [0.5, 0.6) is 0 Å². The number of nitrogens with zero attached hydrogens (tertiary/aromatic N) is 1. The number of hydrogen-bond acceptors (Lipinski definition) is 4. The van der Waals surface area contributed by atoms with Crippen molar-refractivity contribution in [1.29, 1.82) is 0 Å². The number of aliphatic carboxylic acids is 1. The van der Waals surface area contributed by atoms with Crippen LogP contribution in [0.15, 0.2) is 16.1 Å². The van der Waals surface area contributed by atoms with E-state index in [1.807, 2.05) is 0 Å². The highest BCUT2D eigenvalue weighted by molar-refractivity contribution is 5.89. The lowest BCUT2D eigenvalue weighted by Crippen LogP contribution is -3.19. The molecular weight excluding hydrogens is 342 g/mol. The van der Waals surface area contributed by atoms with Crippen molar-refractivity contribution < 1.29 is 19.9 Å². The van der Waals surface area contributed by atoms with Crippen molar-refractivity contribution in [3.63, 3.8) is 0 Å². The summed E-state index contributed by atoms with van der Waals surface area (Å²) in [5.74, 6) is 1.03.